The summed E-state index contributed by atoms with van der Waals surface area (Å²) in [6.07, 6.45) is 0. The number of hydrogen-bond acceptors (Lipinski definition) is 2. The molecular weight excluding hydrogens is 534 g/mol. The van der Waals surface area contributed by atoms with E-state index in [0.717, 1.165) is 59.0 Å². The van der Waals surface area contributed by atoms with Crippen LogP contribution in [0.3, 0.4) is 0 Å². The number of hydrogen-bond donors (Lipinski definition) is 0. The molecule has 4 heteroatoms. The fraction of sp³-hybridized carbons (Fsp3) is 0.176. The molecule has 7 rings (SSSR count). The summed E-state index contributed by atoms with van der Waals surface area (Å²) in [6.45, 7) is 8.44. The quantitative estimate of drug-likeness (QED) is 0.160. The Bertz CT molecular complexity index is 2160. The highest BCUT2D eigenvalue weighted by atomic mass is 79.9. The van der Waals surface area contributed by atoms with E-state index in [2.05, 4.69) is 80.0 Å². The van der Waals surface area contributed by atoms with Crippen molar-refractivity contribution in [1.29, 1.82) is 0 Å². The van der Waals surface area contributed by atoms with Crippen LogP contribution in [0, 0.1) is 0 Å². The molecule has 0 saturated heterocycles. The van der Waals surface area contributed by atoms with Gasteiger partial charge < -0.3 is 0 Å². The van der Waals surface area contributed by atoms with Crippen molar-refractivity contribution in [2.45, 2.75) is 39.5 Å². The van der Waals surface area contributed by atoms with Gasteiger partial charge in [-0.25, -0.2) is 4.57 Å². The normalized spacial score (nSPS) is 12.5. The Hall–Kier alpha value is -3.76. The Morgan fingerprint density at radius 2 is 1.08 bits per heavy atom. The number of aromatic nitrogens is 1. The molecule has 38 heavy (non-hydrogen) atoms. The Morgan fingerprint density at radius 1 is 0.553 bits per heavy atom. The number of benzene rings is 6. The van der Waals surface area contributed by atoms with Crippen molar-refractivity contribution in [1.82, 2.24) is 4.57 Å². The lowest BCUT2D eigenvalue weighted by Crippen LogP contribution is -2.26. The number of halogens is 1. The molecule has 0 fully saturated rings. The average molecular weight is 560 g/mol. The van der Waals surface area contributed by atoms with E-state index in [-0.39, 0.29) is 23.0 Å². The van der Waals surface area contributed by atoms with Crippen LogP contribution in [0.4, 0.5) is 0 Å². The van der Waals surface area contributed by atoms with Crippen molar-refractivity contribution in [3.8, 4) is 5.69 Å². The van der Waals surface area contributed by atoms with E-state index in [4.69, 9.17) is 0 Å². The van der Waals surface area contributed by atoms with Crippen molar-refractivity contribution in [3.63, 3.8) is 0 Å². The number of para-hydroxylation sites is 1. The molecule has 1 heterocycles. The summed E-state index contributed by atoms with van der Waals surface area (Å²) < 4.78 is 2.49. The fourth-order valence-corrected chi connectivity index (χ4v) is 6.90. The number of fused-ring (bicyclic) bond motifs is 4. The van der Waals surface area contributed by atoms with E-state index in [1.807, 2.05) is 36.4 Å². The minimum Gasteiger partial charge on any atom is -0.268 e. The zero-order valence-corrected chi connectivity index (χ0v) is 23.3. The minimum atomic E-state index is -0.240. The van der Waals surface area contributed by atoms with Crippen LogP contribution in [-0.2, 0) is 0 Å². The second-order valence-electron chi connectivity index (χ2n) is 10.9. The van der Waals surface area contributed by atoms with Gasteiger partial charge in [0.1, 0.15) is 0 Å². The average Bonchev–Trinajstić information content (AvgIpc) is 3.16. The van der Waals surface area contributed by atoms with Crippen molar-refractivity contribution >= 4 is 69.8 Å². The number of nitrogens with zero attached hydrogens (tertiary/aromatic N) is 1. The molecule has 0 radical (unpaired) electrons. The summed E-state index contributed by atoms with van der Waals surface area (Å²) >= 11 is 3.73. The van der Waals surface area contributed by atoms with Gasteiger partial charge in [-0.3, -0.25) is 9.59 Å². The van der Waals surface area contributed by atoms with Gasteiger partial charge in [0.2, 0.25) is 0 Å². The maximum atomic E-state index is 14.3. The summed E-state index contributed by atoms with van der Waals surface area (Å²) in [5.41, 5.74) is 2.31. The predicted octanol–water partition coefficient (Wildman–Crippen LogP) is 8.85. The SMILES string of the molecule is CC(C)c1cccc(C(C)C)c1-n1c(=O)c2cc3c4ccc(Br)c5cccc(c6cccc(c2c1=O)c63)c54. The maximum Gasteiger partial charge on any atom is 0.266 e. The lowest BCUT2D eigenvalue weighted by Gasteiger charge is -2.19. The first kappa shape index (κ1) is 23.4. The van der Waals surface area contributed by atoms with Crippen LogP contribution in [0.2, 0.25) is 0 Å². The molecular formula is C34H26BrNO2. The van der Waals surface area contributed by atoms with E-state index < -0.39 is 0 Å². The highest BCUT2D eigenvalue weighted by molar-refractivity contribution is 9.10. The van der Waals surface area contributed by atoms with E-state index >= 15 is 0 Å². The van der Waals surface area contributed by atoms with E-state index in [1.54, 1.807) is 0 Å². The second kappa shape index (κ2) is 8.12. The molecule has 0 aliphatic heterocycles. The minimum absolute atomic E-state index is 0.166. The Morgan fingerprint density at radius 3 is 1.71 bits per heavy atom. The lowest BCUT2D eigenvalue weighted by atomic mass is 9.88. The van der Waals surface area contributed by atoms with Gasteiger partial charge in [-0.1, -0.05) is 104 Å². The summed E-state index contributed by atoms with van der Waals surface area (Å²) in [4.78, 5) is 28.5. The van der Waals surface area contributed by atoms with Crippen molar-refractivity contribution in [2.75, 3.05) is 0 Å². The summed E-state index contributed by atoms with van der Waals surface area (Å²) in [5.74, 6) is 0.333. The molecule has 0 aliphatic carbocycles. The maximum absolute atomic E-state index is 14.3. The van der Waals surface area contributed by atoms with E-state index in [1.165, 1.54) is 9.95 Å². The van der Waals surface area contributed by atoms with Crippen LogP contribution in [0.15, 0.2) is 86.9 Å². The van der Waals surface area contributed by atoms with Gasteiger partial charge in [-0.2, -0.15) is 0 Å². The zero-order chi connectivity index (χ0) is 26.5. The van der Waals surface area contributed by atoms with Gasteiger partial charge in [-0.15, -0.1) is 0 Å². The summed E-state index contributed by atoms with van der Waals surface area (Å²) in [6, 6.07) is 24.8. The van der Waals surface area contributed by atoms with Gasteiger partial charge in [-0.05, 0) is 78.2 Å². The summed E-state index contributed by atoms with van der Waals surface area (Å²) in [7, 11) is 0. The molecule has 0 atom stereocenters. The van der Waals surface area contributed by atoms with Crippen LogP contribution >= 0.6 is 15.9 Å². The molecule has 0 spiro atoms. The molecule has 6 aromatic carbocycles. The molecule has 0 amide bonds. The van der Waals surface area contributed by atoms with Gasteiger partial charge in [0, 0.05) is 4.47 Å². The molecule has 3 nitrogen and oxygen atoms in total. The largest absolute Gasteiger partial charge is 0.268 e. The summed E-state index contributed by atoms with van der Waals surface area (Å²) in [5, 5.41) is 9.53. The highest BCUT2D eigenvalue weighted by Crippen LogP contribution is 2.43. The molecule has 0 N–H and O–H groups in total. The first-order valence-electron chi connectivity index (χ1n) is 13.1. The highest BCUT2D eigenvalue weighted by Gasteiger charge is 2.25. The first-order valence-corrected chi connectivity index (χ1v) is 13.9. The third kappa shape index (κ3) is 2.95. The van der Waals surface area contributed by atoms with Crippen molar-refractivity contribution < 1.29 is 0 Å². The monoisotopic (exact) mass is 559 g/mol. The van der Waals surface area contributed by atoms with E-state index in [9.17, 15) is 9.59 Å². The molecule has 0 unspecified atom stereocenters. The molecule has 1 aromatic heterocycles. The predicted molar refractivity (Wildman–Crippen MR) is 164 cm³/mol. The zero-order valence-electron chi connectivity index (χ0n) is 21.7. The van der Waals surface area contributed by atoms with Crippen LogP contribution in [-0.4, -0.2) is 4.57 Å². The molecule has 0 saturated carbocycles. The fourth-order valence-electron chi connectivity index (χ4n) is 6.44. The Balaban J connectivity index is 1.74. The topological polar surface area (TPSA) is 39.1 Å². The standard InChI is InChI=1S/C34H26BrNO2/c1-17(2)19-8-5-9-20(18(3)4)32(19)36-33(37)27-16-26-23-14-15-28(35)24-12-6-10-21(29(23)24)22-11-7-13-25(30(22)26)31(27)34(36)38/h5-18H,1-4H3. The molecule has 0 bridgehead atoms. The number of rotatable bonds is 3. The van der Waals surface area contributed by atoms with Crippen LogP contribution in [0.25, 0.3) is 59.5 Å². The van der Waals surface area contributed by atoms with Crippen molar-refractivity contribution in [3.05, 3.63) is 109 Å². The Labute approximate surface area is 228 Å². The van der Waals surface area contributed by atoms with Gasteiger partial charge in [0.15, 0.2) is 0 Å². The van der Waals surface area contributed by atoms with Gasteiger partial charge in [0.05, 0.1) is 16.5 Å². The molecule has 0 aliphatic rings. The first-order chi connectivity index (χ1) is 18.3. The lowest BCUT2D eigenvalue weighted by molar-refractivity contribution is 0.796. The third-order valence-corrected chi connectivity index (χ3v) is 8.84. The van der Waals surface area contributed by atoms with Crippen LogP contribution in [0.1, 0.15) is 50.7 Å². The van der Waals surface area contributed by atoms with Gasteiger partial charge >= 0.3 is 0 Å². The van der Waals surface area contributed by atoms with E-state index in [0.29, 0.717) is 10.8 Å². The third-order valence-electron chi connectivity index (χ3n) is 8.15. The molecule has 7 aromatic rings. The van der Waals surface area contributed by atoms with Gasteiger partial charge in [0.25, 0.3) is 11.1 Å². The molecule has 186 valence electrons. The van der Waals surface area contributed by atoms with Crippen molar-refractivity contribution in [2.24, 2.45) is 0 Å². The Kier molecular flexibility index (Phi) is 4.99. The second-order valence-corrected chi connectivity index (χ2v) is 11.8. The van der Waals surface area contributed by atoms with Crippen LogP contribution in [0.5, 0.6) is 0 Å². The smallest absolute Gasteiger partial charge is 0.266 e. The van der Waals surface area contributed by atoms with Crippen LogP contribution < -0.4 is 11.1 Å².